The molecule has 0 unspecified atom stereocenters. The monoisotopic (exact) mass is 478 g/mol. The minimum absolute atomic E-state index is 0.165. The summed E-state index contributed by atoms with van der Waals surface area (Å²) >= 11 is 1.76. The van der Waals surface area contributed by atoms with Crippen molar-refractivity contribution in [1.82, 2.24) is 9.80 Å². The molecule has 0 aromatic carbocycles. The number of carbonyl (C=O) groups is 2. The summed E-state index contributed by atoms with van der Waals surface area (Å²) < 4.78 is 10.7. The molecule has 33 heavy (non-hydrogen) atoms. The number of amides is 2. The van der Waals surface area contributed by atoms with Gasteiger partial charge in [-0.1, -0.05) is 12.2 Å². The summed E-state index contributed by atoms with van der Waals surface area (Å²) in [4.78, 5) is 27.1. The zero-order chi connectivity index (χ0) is 24.6. The fraction of sp³-hybridized carbons (Fsp3) is 0.692. The first-order chi connectivity index (χ1) is 15.3. The number of nitrogens with zero attached hydrogens (tertiary/aromatic N) is 2. The van der Waals surface area contributed by atoms with Crippen LogP contribution in [0.2, 0.25) is 0 Å². The van der Waals surface area contributed by atoms with Gasteiger partial charge in [-0.2, -0.15) is 11.3 Å². The molecule has 2 fully saturated rings. The highest BCUT2D eigenvalue weighted by molar-refractivity contribution is 7.07. The van der Waals surface area contributed by atoms with Crippen molar-refractivity contribution < 1.29 is 19.1 Å². The van der Waals surface area contributed by atoms with Gasteiger partial charge in [0.15, 0.2) is 0 Å². The molecular formula is C26H42N2O4S. The molecule has 0 saturated carbocycles. The van der Waals surface area contributed by atoms with Gasteiger partial charge in [0.25, 0.3) is 0 Å². The molecule has 0 atom stereocenters. The molecule has 0 N–H and O–H groups in total. The van der Waals surface area contributed by atoms with Gasteiger partial charge >= 0.3 is 12.2 Å². The zero-order valence-electron chi connectivity index (χ0n) is 21.3. The van der Waals surface area contributed by atoms with Gasteiger partial charge in [-0.15, -0.1) is 0 Å². The van der Waals surface area contributed by atoms with Crippen molar-refractivity contribution in [3.8, 4) is 0 Å². The van der Waals surface area contributed by atoms with Crippen LogP contribution in [0.1, 0.15) is 72.8 Å². The Hall–Kier alpha value is -2.02. The maximum Gasteiger partial charge on any atom is 0.410 e. The fourth-order valence-corrected chi connectivity index (χ4v) is 4.40. The third kappa shape index (κ3) is 10.6. The van der Waals surface area contributed by atoms with Crippen molar-refractivity contribution in [2.45, 2.75) is 84.8 Å². The highest BCUT2D eigenvalue weighted by Gasteiger charge is 2.27. The van der Waals surface area contributed by atoms with Crippen LogP contribution in [0.25, 0.3) is 0 Å². The normalized spacial score (nSPS) is 17.8. The van der Waals surface area contributed by atoms with Gasteiger partial charge in [-0.05, 0) is 102 Å². The molecule has 2 saturated heterocycles. The van der Waals surface area contributed by atoms with Crippen molar-refractivity contribution in [2.75, 3.05) is 26.2 Å². The van der Waals surface area contributed by atoms with Gasteiger partial charge in [0.1, 0.15) is 11.2 Å². The highest BCUT2D eigenvalue weighted by atomic mass is 32.1. The van der Waals surface area contributed by atoms with Gasteiger partial charge in [0.2, 0.25) is 0 Å². The van der Waals surface area contributed by atoms with Crippen LogP contribution >= 0.6 is 11.3 Å². The third-order valence-corrected chi connectivity index (χ3v) is 6.22. The van der Waals surface area contributed by atoms with Crippen molar-refractivity contribution in [3.05, 3.63) is 34.5 Å². The summed E-state index contributed by atoms with van der Waals surface area (Å²) in [6.07, 6.45) is 4.74. The molecule has 6 nitrogen and oxygen atoms in total. The Morgan fingerprint density at radius 2 is 1.42 bits per heavy atom. The molecule has 7 heteroatoms. The van der Waals surface area contributed by atoms with E-state index in [-0.39, 0.29) is 12.2 Å². The maximum absolute atomic E-state index is 11.9. The van der Waals surface area contributed by atoms with Crippen molar-refractivity contribution in [3.63, 3.8) is 0 Å². The molecule has 2 amide bonds. The van der Waals surface area contributed by atoms with Gasteiger partial charge < -0.3 is 19.3 Å². The van der Waals surface area contributed by atoms with Gasteiger partial charge in [-0.3, -0.25) is 0 Å². The lowest BCUT2D eigenvalue weighted by Gasteiger charge is -2.33. The summed E-state index contributed by atoms with van der Waals surface area (Å²) in [6.45, 7) is 18.4. The van der Waals surface area contributed by atoms with Crippen LogP contribution in [0.15, 0.2) is 29.0 Å². The topological polar surface area (TPSA) is 59.1 Å². The van der Waals surface area contributed by atoms with Gasteiger partial charge in [-0.25, -0.2) is 9.59 Å². The number of thiophene rings is 1. The number of rotatable bonds is 2. The first-order valence-corrected chi connectivity index (χ1v) is 12.9. The molecule has 2 aliphatic heterocycles. The standard InChI is InChI=1S/C15H23NO2S.C11H19NO2/c1-15(2,3)18-14(17)16-7-4-12(5-8-16)10-13-6-9-19-11-13;1-9-5-7-12(8-6-9)10(13)14-11(2,3)4/h6,9,11-12H,4-5,7-8,10H2,1-3H3;1,5-8H2,2-4H3. The lowest BCUT2D eigenvalue weighted by molar-refractivity contribution is 0.0182. The van der Waals surface area contributed by atoms with Crippen LogP contribution in [-0.4, -0.2) is 59.4 Å². The summed E-state index contributed by atoms with van der Waals surface area (Å²) in [7, 11) is 0. The summed E-state index contributed by atoms with van der Waals surface area (Å²) in [6, 6.07) is 2.20. The average Bonchev–Trinajstić information content (AvgIpc) is 3.20. The predicted molar refractivity (Wildman–Crippen MR) is 135 cm³/mol. The van der Waals surface area contributed by atoms with Crippen LogP contribution in [0.5, 0.6) is 0 Å². The molecule has 3 rings (SSSR count). The van der Waals surface area contributed by atoms with Crippen LogP contribution in [0.3, 0.4) is 0 Å². The van der Waals surface area contributed by atoms with E-state index in [0.29, 0.717) is 5.92 Å². The first kappa shape index (κ1) is 27.2. The Bertz CT molecular complexity index is 759. The van der Waals surface area contributed by atoms with Gasteiger partial charge in [0, 0.05) is 26.2 Å². The Kier molecular flexibility index (Phi) is 9.83. The maximum atomic E-state index is 11.9. The van der Waals surface area contributed by atoms with Crippen LogP contribution in [0, 0.1) is 5.92 Å². The fourth-order valence-electron chi connectivity index (χ4n) is 3.72. The van der Waals surface area contributed by atoms with E-state index in [4.69, 9.17) is 9.47 Å². The smallest absolute Gasteiger partial charge is 0.410 e. The van der Waals surface area contributed by atoms with E-state index in [0.717, 1.165) is 58.3 Å². The number of piperidine rings is 2. The quantitative estimate of drug-likeness (QED) is 0.455. The first-order valence-electron chi connectivity index (χ1n) is 12.0. The molecule has 1 aromatic rings. The van der Waals surface area contributed by atoms with Crippen LogP contribution < -0.4 is 0 Å². The van der Waals surface area contributed by atoms with Crippen molar-refractivity contribution in [2.24, 2.45) is 5.92 Å². The van der Waals surface area contributed by atoms with Crippen molar-refractivity contribution >= 4 is 23.5 Å². The van der Waals surface area contributed by atoms with E-state index >= 15 is 0 Å². The van der Waals surface area contributed by atoms with E-state index in [2.05, 4.69) is 23.4 Å². The molecule has 0 bridgehead atoms. The molecule has 1 aromatic heterocycles. The lowest BCUT2D eigenvalue weighted by Crippen LogP contribution is -2.42. The Labute approximate surface area is 203 Å². The van der Waals surface area contributed by atoms with Crippen LogP contribution in [-0.2, 0) is 15.9 Å². The Morgan fingerprint density at radius 3 is 1.85 bits per heavy atom. The predicted octanol–water partition coefficient (Wildman–Crippen LogP) is 6.51. The molecule has 186 valence electrons. The van der Waals surface area contributed by atoms with E-state index in [1.54, 1.807) is 16.2 Å². The van der Waals surface area contributed by atoms with Gasteiger partial charge in [0.05, 0.1) is 0 Å². The summed E-state index contributed by atoms with van der Waals surface area (Å²) in [5.74, 6) is 0.702. The van der Waals surface area contributed by atoms with E-state index < -0.39 is 11.2 Å². The SMILES string of the molecule is C=C1CCN(C(=O)OC(C)(C)C)CC1.CC(C)(C)OC(=O)N1CCC(Cc2ccsc2)CC1. The number of hydrogen-bond acceptors (Lipinski definition) is 5. The molecule has 0 spiro atoms. The third-order valence-electron chi connectivity index (χ3n) is 5.49. The number of likely N-dealkylation sites (tertiary alicyclic amines) is 2. The Balaban J connectivity index is 0.000000245. The van der Waals surface area contributed by atoms with Crippen molar-refractivity contribution in [1.29, 1.82) is 0 Å². The van der Waals surface area contributed by atoms with Crippen LogP contribution in [0.4, 0.5) is 9.59 Å². The summed E-state index contributed by atoms with van der Waals surface area (Å²) in [5, 5.41) is 4.35. The zero-order valence-corrected chi connectivity index (χ0v) is 22.1. The lowest BCUT2D eigenvalue weighted by atomic mass is 9.91. The Morgan fingerprint density at radius 1 is 0.939 bits per heavy atom. The molecule has 3 heterocycles. The average molecular weight is 479 g/mol. The number of hydrogen-bond donors (Lipinski definition) is 0. The van der Waals surface area contributed by atoms with E-state index in [1.807, 2.05) is 46.4 Å². The number of ether oxygens (including phenoxy) is 2. The van der Waals surface area contributed by atoms with E-state index in [9.17, 15) is 9.59 Å². The molecule has 0 aliphatic carbocycles. The molecule has 0 radical (unpaired) electrons. The highest BCUT2D eigenvalue weighted by Crippen LogP contribution is 2.24. The molecular weight excluding hydrogens is 436 g/mol. The van der Waals surface area contributed by atoms with E-state index in [1.165, 1.54) is 11.1 Å². The largest absolute Gasteiger partial charge is 0.444 e. The second-order valence-corrected chi connectivity index (χ2v) is 11.7. The second kappa shape index (κ2) is 11.9. The minimum Gasteiger partial charge on any atom is -0.444 e. The molecule has 2 aliphatic rings. The number of carbonyl (C=O) groups excluding carboxylic acids is 2. The minimum atomic E-state index is -0.398. The second-order valence-electron chi connectivity index (χ2n) is 11.0. The summed E-state index contributed by atoms with van der Waals surface area (Å²) in [5.41, 5.74) is 1.86.